The Morgan fingerprint density at radius 3 is 2.38 bits per heavy atom. The van der Waals surface area contributed by atoms with Gasteiger partial charge in [-0.2, -0.15) is 0 Å². The van der Waals surface area contributed by atoms with Crippen LogP contribution >= 0.6 is 0 Å². The standard InChI is InChI=1S/C21H30N4O/c1-16-23-20(22-14-13-17-9-11-19(26-2)12-10-17)15-21(24-16)25-18-7-5-3-4-6-8-18/h9-12,15,18H,3-8,13-14H2,1-2H3,(H2,22,23,24,25). The molecule has 0 atom stereocenters. The van der Waals surface area contributed by atoms with Crippen molar-refractivity contribution in [2.75, 3.05) is 24.3 Å². The van der Waals surface area contributed by atoms with Crippen LogP contribution in [-0.4, -0.2) is 29.7 Å². The minimum absolute atomic E-state index is 0.541. The molecule has 0 spiro atoms. The second kappa shape index (κ2) is 9.41. The first-order valence-electron chi connectivity index (χ1n) is 9.72. The highest BCUT2D eigenvalue weighted by Gasteiger charge is 2.13. The van der Waals surface area contributed by atoms with Gasteiger partial charge in [-0.1, -0.05) is 37.8 Å². The van der Waals surface area contributed by atoms with E-state index >= 15 is 0 Å². The molecule has 0 saturated heterocycles. The van der Waals surface area contributed by atoms with Gasteiger partial charge in [0.2, 0.25) is 0 Å². The van der Waals surface area contributed by atoms with Gasteiger partial charge in [0, 0.05) is 18.7 Å². The lowest BCUT2D eigenvalue weighted by atomic mass is 10.1. The third-order valence-electron chi connectivity index (χ3n) is 4.92. The van der Waals surface area contributed by atoms with Crippen molar-refractivity contribution in [1.82, 2.24) is 9.97 Å². The predicted molar refractivity (Wildman–Crippen MR) is 107 cm³/mol. The summed E-state index contributed by atoms with van der Waals surface area (Å²) in [6.07, 6.45) is 8.77. The summed E-state index contributed by atoms with van der Waals surface area (Å²) >= 11 is 0. The molecular weight excluding hydrogens is 324 g/mol. The van der Waals surface area contributed by atoms with Crippen LogP contribution in [0.15, 0.2) is 30.3 Å². The van der Waals surface area contributed by atoms with Crippen LogP contribution in [0.2, 0.25) is 0 Å². The van der Waals surface area contributed by atoms with Gasteiger partial charge in [-0.05, 0) is 43.9 Å². The summed E-state index contributed by atoms with van der Waals surface area (Å²) in [5.74, 6) is 3.52. The van der Waals surface area contributed by atoms with E-state index in [-0.39, 0.29) is 0 Å². The van der Waals surface area contributed by atoms with Crippen LogP contribution in [0.1, 0.15) is 49.9 Å². The molecule has 5 heteroatoms. The van der Waals surface area contributed by atoms with Crippen molar-refractivity contribution in [3.05, 3.63) is 41.7 Å². The Labute approximate surface area is 156 Å². The lowest BCUT2D eigenvalue weighted by molar-refractivity contribution is 0.414. The van der Waals surface area contributed by atoms with Crippen LogP contribution < -0.4 is 15.4 Å². The normalized spacial score (nSPS) is 15.3. The number of rotatable bonds is 7. The molecule has 1 heterocycles. The molecule has 0 unspecified atom stereocenters. The zero-order valence-corrected chi connectivity index (χ0v) is 15.9. The molecule has 2 N–H and O–H groups in total. The van der Waals surface area contributed by atoms with Crippen molar-refractivity contribution >= 4 is 11.6 Å². The lowest BCUT2D eigenvalue weighted by Gasteiger charge is -2.18. The summed E-state index contributed by atoms with van der Waals surface area (Å²) in [7, 11) is 1.69. The molecule has 1 fully saturated rings. The van der Waals surface area contributed by atoms with Crippen LogP contribution in [0.4, 0.5) is 11.6 Å². The van der Waals surface area contributed by atoms with Crippen LogP contribution in [0, 0.1) is 6.92 Å². The topological polar surface area (TPSA) is 59.1 Å². The van der Waals surface area contributed by atoms with Crippen molar-refractivity contribution in [3.8, 4) is 5.75 Å². The van der Waals surface area contributed by atoms with Gasteiger partial charge < -0.3 is 15.4 Å². The maximum Gasteiger partial charge on any atom is 0.132 e. The number of ether oxygens (including phenoxy) is 1. The van der Waals surface area contributed by atoms with Gasteiger partial charge in [-0.3, -0.25) is 0 Å². The number of methoxy groups -OCH3 is 1. The molecule has 1 aliphatic carbocycles. The first-order valence-corrected chi connectivity index (χ1v) is 9.72. The van der Waals surface area contributed by atoms with Crippen molar-refractivity contribution in [3.63, 3.8) is 0 Å². The van der Waals surface area contributed by atoms with Crippen LogP contribution in [0.3, 0.4) is 0 Å². The van der Waals surface area contributed by atoms with Crippen molar-refractivity contribution in [1.29, 1.82) is 0 Å². The Kier molecular flexibility index (Phi) is 6.69. The SMILES string of the molecule is COc1ccc(CCNc2cc(NC3CCCCCC3)nc(C)n2)cc1. The maximum absolute atomic E-state index is 5.20. The van der Waals surface area contributed by atoms with E-state index in [0.29, 0.717) is 6.04 Å². The molecule has 2 aromatic rings. The van der Waals surface area contributed by atoms with E-state index < -0.39 is 0 Å². The zero-order valence-electron chi connectivity index (χ0n) is 15.9. The number of aryl methyl sites for hydroxylation is 1. The van der Waals surface area contributed by atoms with Gasteiger partial charge in [0.15, 0.2) is 0 Å². The van der Waals surface area contributed by atoms with E-state index in [9.17, 15) is 0 Å². The van der Waals surface area contributed by atoms with Gasteiger partial charge in [-0.15, -0.1) is 0 Å². The fraction of sp³-hybridized carbons (Fsp3) is 0.524. The average Bonchev–Trinajstić information content (AvgIpc) is 2.90. The minimum atomic E-state index is 0.541. The van der Waals surface area contributed by atoms with E-state index in [4.69, 9.17) is 4.74 Å². The fourth-order valence-electron chi connectivity index (χ4n) is 3.49. The Hall–Kier alpha value is -2.30. The average molecular weight is 354 g/mol. The van der Waals surface area contributed by atoms with Crippen LogP contribution in [-0.2, 0) is 6.42 Å². The van der Waals surface area contributed by atoms with Gasteiger partial charge in [-0.25, -0.2) is 9.97 Å². The van der Waals surface area contributed by atoms with Gasteiger partial charge in [0.25, 0.3) is 0 Å². The minimum Gasteiger partial charge on any atom is -0.497 e. The molecule has 1 aromatic carbocycles. The van der Waals surface area contributed by atoms with E-state index in [1.54, 1.807) is 7.11 Å². The van der Waals surface area contributed by atoms with E-state index in [0.717, 1.165) is 36.2 Å². The molecule has 0 aliphatic heterocycles. The summed E-state index contributed by atoms with van der Waals surface area (Å²) < 4.78 is 5.20. The highest BCUT2D eigenvalue weighted by molar-refractivity contribution is 5.48. The van der Waals surface area contributed by atoms with E-state index in [2.05, 4.69) is 32.7 Å². The molecule has 140 valence electrons. The van der Waals surface area contributed by atoms with Crippen molar-refractivity contribution in [2.45, 2.75) is 57.9 Å². The van der Waals surface area contributed by atoms with Gasteiger partial charge in [0.1, 0.15) is 23.2 Å². The summed E-state index contributed by atoms with van der Waals surface area (Å²) in [6, 6.07) is 10.8. The molecule has 1 saturated carbocycles. The molecule has 0 bridgehead atoms. The third kappa shape index (κ3) is 5.61. The second-order valence-electron chi connectivity index (χ2n) is 7.04. The zero-order chi connectivity index (χ0) is 18.2. The summed E-state index contributed by atoms with van der Waals surface area (Å²) in [6.45, 7) is 2.79. The number of nitrogens with zero attached hydrogens (tertiary/aromatic N) is 2. The number of nitrogens with one attached hydrogen (secondary N) is 2. The smallest absolute Gasteiger partial charge is 0.132 e. The number of benzene rings is 1. The molecule has 5 nitrogen and oxygen atoms in total. The quantitative estimate of drug-likeness (QED) is 0.713. The first kappa shape index (κ1) is 18.5. The molecule has 0 radical (unpaired) electrons. The summed E-state index contributed by atoms with van der Waals surface area (Å²) in [4.78, 5) is 9.09. The van der Waals surface area contributed by atoms with Gasteiger partial charge >= 0.3 is 0 Å². The van der Waals surface area contributed by atoms with Crippen LogP contribution in [0.5, 0.6) is 5.75 Å². The number of hydrogen-bond donors (Lipinski definition) is 2. The summed E-state index contributed by atoms with van der Waals surface area (Å²) in [5.41, 5.74) is 1.28. The molecular formula is C21H30N4O. The van der Waals surface area contributed by atoms with Crippen molar-refractivity contribution in [2.24, 2.45) is 0 Å². The molecule has 1 aliphatic rings. The van der Waals surface area contributed by atoms with E-state index in [1.165, 1.54) is 44.1 Å². The maximum atomic E-state index is 5.20. The largest absolute Gasteiger partial charge is 0.497 e. The molecule has 3 rings (SSSR count). The van der Waals surface area contributed by atoms with Crippen LogP contribution in [0.25, 0.3) is 0 Å². The Morgan fingerprint density at radius 2 is 1.69 bits per heavy atom. The molecule has 0 amide bonds. The highest BCUT2D eigenvalue weighted by atomic mass is 16.5. The van der Waals surface area contributed by atoms with E-state index in [1.807, 2.05) is 25.1 Å². The Balaban J connectivity index is 1.54. The number of aromatic nitrogens is 2. The molecule has 1 aromatic heterocycles. The Morgan fingerprint density at radius 1 is 1.00 bits per heavy atom. The highest BCUT2D eigenvalue weighted by Crippen LogP contribution is 2.21. The predicted octanol–water partition coefficient (Wildman–Crippen LogP) is 4.58. The fourth-order valence-corrected chi connectivity index (χ4v) is 3.49. The first-order chi connectivity index (χ1) is 12.7. The molecule has 26 heavy (non-hydrogen) atoms. The Bertz CT molecular complexity index is 679. The number of hydrogen-bond acceptors (Lipinski definition) is 5. The number of anilines is 2. The monoisotopic (exact) mass is 354 g/mol. The third-order valence-corrected chi connectivity index (χ3v) is 4.92. The second-order valence-corrected chi connectivity index (χ2v) is 7.04. The van der Waals surface area contributed by atoms with Crippen molar-refractivity contribution < 1.29 is 4.74 Å². The lowest BCUT2D eigenvalue weighted by Crippen LogP contribution is -2.19. The van der Waals surface area contributed by atoms with Gasteiger partial charge in [0.05, 0.1) is 7.11 Å². The summed E-state index contributed by atoms with van der Waals surface area (Å²) in [5, 5.41) is 7.05.